The summed E-state index contributed by atoms with van der Waals surface area (Å²) in [5, 5.41) is 11.5. The van der Waals surface area contributed by atoms with Gasteiger partial charge in [0.25, 0.3) is 0 Å². The molecule has 65 heavy (non-hydrogen) atoms. The maximum atomic E-state index is 6.81. The number of rotatable bonds is 5. The Labute approximate surface area is 376 Å². The number of hydrogen-bond donors (Lipinski definition) is 0. The van der Waals surface area contributed by atoms with Gasteiger partial charge in [-0.2, -0.15) is 0 Å². The van der Waals surface area contributed by atoms with Crippen LogP contribution >= 0.6 is 11.3 Å². The van der Waals surface area contributed by atoms with Gasteiger partial charge in [-0.1, -0.05) is 146 Å². The van der Waals surface area contributed by atoms with E-state index in [4.69, 9.17) is 19.4 Å². The van der Waals surface area contributed by atoms with E-state index in [2.05, 4.69) is 187 Å². The third kappa shape index (κ3) is 5.54. The Bertz CT molecular complexity index is 4260. The van der Waals surface area contributed by atoms with Gasteiger partial charge in [-0.15, -0.1) is 11.3 Å². The zero-order valence-corrected chi connectivity index (χ0v) is 35.6. The first-order chi connectivity index (χ1) is 32.2. The van der Waals surface area contributed by atoms with Crippen LogP contribution in [0.2, 0.25) is 0 Å². The van der Waals surface area contributed by atoms with E-state index in [-0.39, 0.29) is 0 Å². The van der Waals surface area contributed by atoms with Gasteiger partial charge in [-0.3, -0.25) is 0 Å². The van der Waals surface area contributed by atoms with Crippen molar-refractivity contribution in [1.29, 1.82) is 0 Å². The predicted octanol–water partition coefficient (Wildman–Crippen LogP) is 16.2. The fraction of sp³-hybridized carbons (Fsp3) is 0. The second-order valence-electron chi connectivity index (χ2n) is 16.7. The summed E-state index contributed by atoms with van der Waals surface area (Å²) in [6.45, 7) is 0. The molecule has 0 unspecified atom stereocenters. The van der Waals surface area contributed by atoms with Crippen molar-refractivity contribution in [3.05, 3.63) is 206 Å². The van der Waals surface area contributed by atoms with Crippen LogP contribution in [0.4, 0.5) is 0 Å². The van der Waals surface area contributed by atoms with E-state index in [1.807, 2.05) is 24.3 Å². The van der Waals surface area contributed by atoms with Crippen molar-refractivity contribution in [3.63, 3.8) is 0 Å². The van der Waals surface area contributed by atoms with E-state index >= 15 is 0 Å². The van der Waals surface area contributed by atoms with Gasteiger partial charge < -0.3 is 8.98 Å². The molecule has 0 aliphatic carbocycles. The van der Waals surface area contributed by atoms with Gasteiger partial charge in [0.2, 0.25) is 0 Å². The number of hydrogen-bond acceptors (Lipinski definition) is 5. The monoisotopic (exact) mass is 846 g/mol. The highest BCUT2D eigenvalue weighted by molar-refractivity contribution is 7.26. The molecule has 0 fully saturated rings. The number of nitrogens with zero attached hydrogens (tertiary/aromatic N) is 4. The van der Waals surface area contributed by atoms with Crippen LogP contribution in [0, 0.1) is 0 Å². The molecule has 4 heterocycles. The van der Waals surface area contributed by atoms with E-state index in [0.717, 1.165) is 81.9 Å². The fourth-order valence-corrected chi connectivity index (χ4v) is 11.3. The van der Waals surface area contributed by atoms with Gasteiger partial charge >= 0.3 is 0 Å². The molecule has 0 atom stereocenters. The van der Waals surface area contributed by atoms with E-state index in [1.54, 1.807) is 11.3 Å². The largest absolute Gasteiger partial charge is 0.455 e. The highest BCUT2D eigenvalue weighted by atomic mass is 32.1. The molecular formula is C59H34N4OS. The maximum absolute atomic E-state index is 6.81. The molecule has 10 aromatic carbocycles. The van der Waals surface area contributed by atoms with Crippen molar-refractivity contribution < 1.29 is 4.42 Å². The van der Waals surface area contributed by atoms with Crippen LogP contribution in [0.1, 0.15) is 0 Å². The lowest BCUT2D eigenvalue weighted by Crippen LogP contribution is -2.02. The molecule has 0 spiro atoms. The number of thiophene rings is 1. The van der Waals surface area contributed by atoms with E-state index in [1.165, 1.54) is 37.0 Å². The quantitative estimate of drug-likeness (QED) is 0.173. The van der Waals surface area contributed by atoms with Gasteiger partial charge in [-0.05, 0) is 87.9 Å². The first-order valence-corrected chi connectivity index (χ1v) is 22.7. The number of aromatic nitrogens is 4. The van der Waals surface area contributed by atoms with Crippen LogP contribution < -0.4 is 0 Å². The summed E-state index contributed by atoms with van der Waals surface area (Å²) in [5.41, 5.74) is 9.85. The van der Waals surface area contributed by atoms with E-state index in [0.29, 0.717) is 17.5 Å². The summed E-state index contributed by atoms with van der Waals surface area (Å²) < 4.78 is 11.6. The number of fused-ring (bicyclic) bond motifs is 12. The number of furan rings is 1. The minimum atomic E-state index is 0.593. The smallest absolute Gasteiger partial charge is 0.165 e. The zero-order valence-electron chi connectivity index (χ0n) is 34.7. The normalized spacial score (nSPS) is 12.0. The molecule has 302 valence electrons. The van der Waals surface area contributed by atoms with Crippen molar-refractivity contribution >= 4 is 96.8 Å². The van der Waals surface area contributed by atoms with Crippen LogP contribution in [0.15, 0.2) is 211 Å². The summed E-state index contributed by atoms with van der Waals surface area (Å²) in [6, 6.07) is 73.3. The fourth-order valence-electron chi connectivity index (χ4n) is 10.1. The van der Waals surface area contributed by atoms with Crippen molar-refractivity contribution in [2.45, 2.75) is 0 Å². The standard InChI is InChI=1S/C59H34N4OS/c1-2-15-35(16-3-1)57-60-58(62-59(61-57)46-25-14-24-43-42-22-10-13-28-53(42)65-56(43)46)44-30-29-39(63-50-26-11-8-21-41(50)48-31-36-17-4-5-18-37(36)33-51(48)63)34-47(44)49-32-38-19-6-7-20-40(38)55-54(49)45-23-9-12-27-52(45)64-55/h1-34H. The van der Waals surface area contributed by atoms with Gasteiger partial charge in [0.05, 0.1) is 11.0 Å². The second-order valence-corrected chi connectivity index (χ2v) is 17.8. The van der Waals surface area contributed by atoms with E-state index < -0.39 is 0 Å². The van der Waals surface area contributed by atoms with Gasteiger partial charge in [0, 0.05) is 69.5 Å². The molecule has 0 radical (unpaired) electrons. The summed E-state index contributed by atoms with van der Waals surface area (Å²) >= 11 is 1.78. The van der Waals surface area contributed by atoms with Crippen molar-refractivity contribution in [3.8, 4) is 51.0 Å². The lowest BCUT2D eigenvalue weighted by Gasteiger charge is -2.17. The van der Waals surface area contributed by atoms with Crippen LogP contribution in [-0.2, 0) is 0 Å². The molecular weight excluding hydrogens is 813 g/mol. The van der Waals surface area contributed by atoms with Crippen molar-refractivity contribution in [2.75, 3.05) is 0 Å². The summed E-state index contributed by atoms with van der Waals surface area (Å²) in [7, 11) is 0. The maximum Gasteiger partial charge on any atom is 0.165 e. The van der Waals surface area contributed by atoms with Gasteiger partial charge in [0.15, 0.2) is 17.5 Å². The molecule has 0 N–H and O–H groups in total. The lowest BCUT2D eigenvalue weighted by molar-refractivity contribution is 0.673. The molecule has 14 aromatic rings. The molecule has 4 aromatic heterocycles. The Morgan fingerprint density at radius 3 is 1.91 bits per heavy atom. The highest BCUT2D eigenvalue weighted by Gasteiger charge is 2.24. The minimum absolute atomic E-state index is 0.593. The van der Waals surface area contributed by atoms with Crippen LogP contribution in [-0.4, -0.2) is 19.5 Å². The Kier molecular flexibility index (Phi) is 7.79. The van der Waals surface area contributed by atoms with Gasteiger partial charge in [-0.25, -0.2) is 15.0 Å². The van der Waals surface area contributed by atoms with Crippen molar-refractivity contribution in [1.82, 2.24) is 19.5 Å². The molecule has 6 heteroatoms. The Morgan fingerprint density at radius 1 is 0.385 bits per heavy atom. The lowest BCUT2D eigenvalue weighted by atomic mass is 9.91. The highest BCUT2D eigenvalue weighted by Crippen LogP contribution is 2.46. The Morgan fingerprint density at radius 2 is 1.05 bits per heavy atom. The molecule has 0 saturated heterocycles. The summed E-state index contributed by atoms with van der Waals surface area (Å²) in [4.78, 5) is 16.1. The molecule has 0 amide bonds. The zero-order chi connectivity index (χ0) is 42.6. The first-order valence-electron chi connectivity index (χ1n) is 21.8. The second kappa shape index (κ2) is 14.0. The summed E-state index contributed by atoms with van der Waals surface area (Å²) in [5.74, 6) is 1.84. The van der Waals surface area contributed by atoms with Crippen molar-refractivity contribution in [2.24, 2.45) is 0 Å². The molecule has 0 bridgehead atoms. The third-order valence-electron chi connectivity index (χ3n) is 13.0. The van der Waals surface area contributed by atoms with Crippen LogP contribution in [0.3, 0.4) is 0 Å². The number of benzene rings is 10. The first kappa shape index (κ1) is 36.1. The van der Waals surface area contributed by atoms with Gasteiger partial charge in [0.1, 0.15) is 11.2 Å². The average molecular weight is 847 g/mol. The SMILES string of the molecule is c1ccc(-c2nc(-c3ccc(-n4c5ccccc5c5cc6ccccc6cc54)cc3-c3cc4ccccc4c4oc5ccccc5c34)nc(-c3cccc4c3sc3ccccc34)n2)cc1. The number of para-hydroxylation sites is 2. The molecule has 5 nitrogen and oxygen atoms in total. The minimum Gasteiger partial charge on any atom is -0.455 e. The molecule has 14 rings (SSSR count). The molecule has 0 saturated carbocycles. The molecule has 0 aliphatic rings. The summed E-state index contributed by atoms with van der Waals surface area (Å²) in [6.07, 6.45) is 0. The predicted molar refractivity (Wildman–Crippen MR) is 271 cm³/mol. The Balaban J connectivity index is 1.10. The average Bonchev–Trinajstić information content (AvgIpc) is 4.05. The Hall–Kier alpha value is -8.45. The third-order valence-corrected chi connectivity index (χ3v) is 14.2. The molecule has 0 aliphatic heterocycles. The van der Waals surface area contributed by atoms with Crippen LogP contribution in [0.5, 0.6) is 0 Å². The van der Waals surface area contributed by atoms with E-state index in [9.17, 15) is 0 Å². The topological polar surface area (TPSA) is 56.7 Å². The van der Waals surface area contributed by atoms with Crippen LogP contribution in [0.25, 0.3) is 136 Å².